The van der Waals surface area contributed by atoms with E-state index in [2.05, 4.69) is 27.4 Å². The SMILES string of the molecule is Cc1cc(C#N)cc(C)c1Oc1ccnc(Nc2ccc(C#N)cc2)n1. The summed E-state index contributed by atoms with van der Waals surface area (Å²) in [6.07, 6.45) is 1.60. The molecule has 0 fully saturated rings. The van der Waals surface area contributed by atoms with E-state index >= 15 is 0 Å². The first-order valence-corrected chi connectivity index (χ1v) is 7.88. The lowest BCUT2D eigenvalue weighted by Crippen LogP contribution is -1.99. The first-order chi connectivity index (χ1) is 12.6. The molecule has 0 aliphatic rings. The monoisotopic (exact) mass is 341 g/mol. The summed E-state index contributed by atoms with van der Waals surface area (Å²) < 4.78 is 5.91. The zero-order valence-electron chi connectivity index (χ0n) is 14.3. The van der Waals surface area contributed by atoms with Crippen LogP contribution in [0.15, 0.2) is 48.7 Å². The number of aromatic nitrogens is 2. The van der Waals surface area contributed by atoms with Crippen molar-refractivity contribution in [2.75, 3.05) is 5.32 Å². The van der Waals surface area contributed by atoms with Crippen LogP contribution in [0.3, 0.4) is 0 Å². The van der Waals surface area contributed by atoms with Crippen molar-refractivity contribution >= 4 is 11.6 Å². The molecule has 126 valence electrons. The molecule has 6 heteroatoms. The van der Waals surface area contributed by atoms with Crippen LogP contribution in [0.1, 0.15) is 22.3 Å². The Bertz CT molecular complexity index is 1010. The van der Waals surface area contributed by atoms with Gasteiger partial charge in [-0.2, -0.15) is 15.5 Å². The smallest absolute Gasteiger partial charge is 0.230 e. The van der Waals surface area contributed by atoms with Gasteiger partial charge in [0.15, 0.2) is 0 Å². The maximum atomic E-state index is 9.04. The third-order valence-electron chi connectivity index (χ3n) is 3.70. The minimum atomic E-state index is 0.385. The predicted molar refractivity (Wildman–Crippen MR) is 97.2 cm³/mol. The third-order valence-corrected chi connectivity index (χ3v) is 3.70. The van der Waals surface area contributed by atoms with E-state index in [9.17, 15) is 0 Å². The van der Waals surface area contributed by atoms with Crippen molar-refractivity contribution in [3.8, 4) is 23.8 Å². The highest BCUT2D eigenvalue weighted by Crippen LogP contribution is 2.29. The summed E-state index contributed by atoms with van der Waals surface area (Å²) in [5.74, 6) is 1.45. The first-order valence-electron chi connectivity index (χ1n) is 7.88. The lowest BCUT2D eigenvalue weighted by molar-refractivity contribution is 0.455. The number of ether oxygens (including phenoxy) is 1. The summed E-state index contributed by atoms with van der Waals surface area (Å²) in [5, 5.41) is 21.0. The van der Waals surface area contributed by atoms with E-state index in [-0.39, 0.29) is 0 Å². The molecule has 0 amide bonds. The zero-order chi connectivity index (χ0) is 18.5. The summed E-state index contributed by atoms with van der Waals surface area (Å²) in [7, 11) is 0. The summed E-state index contributed by atoms with van der Waals surface area (Å²) in [6, 6.07) is 16.4. The number of hydrogen-bond donors (Lipinski definition) is 1. The number of hydrogen-bond acceptors (Lipinski definition) is 6. The number of nitrogens with zero attached hydrogens (tertiary/aromatic N) is 4. The van der Waals surface area contributed by atoms with Crippen LogP contribution in [0.2, 0.25) is 0 Å². The Kier molecular flexibility index (Phi) is 4.78. The second kappa shape index (κ2) is 7.33. The van der Waals surface area contributed by atoms with Crippen LogP contribution in [-0.2, 0) is 0 Å². The van der Waals surface area contributed by atoms with Gasteiger partial charge in [0.1, 0.15) is 5.75 Å². The molecular formula is C20H15N5O. The van der Waals surface area contributed by atoms with Crippen molar-refractivity contribution in [1.82, 2.24) is 9.97 Å². The molecule has 26 heavy (non-hydrogen) atoms. The van der Waals surface area contributed by atoms with Crippen LogP contribution in [0.4, 0.5) is 11.6 Å². The largest absolute Gasteiger partial charge is 0.438 e. The van der Waals surface area contributed by atoms with Crippen LogP contribution in [0, 0.1) is 36.5 Å². The minimum Gasteiger partial charge on any atom is -0.438 e. The molecule has 3 aromatic rings. The Morgan fingerprint density at radius 1 is 0.923 bits per heavy atom. The average Bonchev–Trinajstić information content (AvgIpc) is 2.65. The quantitative estimate of drug-likeness (QED) is 0.757. The van der Waals surface area contributed by atoms with Gasteiger partial charge in [0.05, 0.1) is 23.3 Å². The third kappa shape index (κ3) is 3.77. The maximum absolute atomic E-state index is 9.04. The molecule has 0 bridgehead atoms. The van der Waals surface area contributed by atoms with Crippen LogP contribution in [0.25, 0.3) is 0 Å². The molecule has 0 radical (unpaired) electrons. The van der Waals surface area contributed by atoms with E-state index in [1.54, 1.807) is 48.7 Å². The van der Waals surface area contributed by atoms with Crippen molar-refractivity contribution < 1.29 is 4.74 Å². The maximum Gasteiger partial charge on any atom is 0.230 e. The summed E-state index contributed by atoms with van der Waals surface area (Å²) in [4.78, 5) is 8.54. The highest BCUT2D eigenvalue weighted by molar-refractivity contribution is 5.55. The van der Waals surface area contributed by atoms with Crippen LogP contribution >= 0.6 is 0 Å². The lowest BCUT2D eigenvalue weighted by Gasteiger charge is -2.12. The number of nitrogens with one attached hydrogen (secondary N) is 1. The van der Waals surface area contributed by atoms with Crippen molar-refractivity contribution in [1.29, 1.82) is 10.5 Å². The van der Waals surface area contributed by atoms with E-state index < -0.39 is 0 Å². The molecule has 1 N–H and O–H groups in total. The predicted octanol–water partition coefficient (Wildman–Crippen LogP) is 4.37. The number of aryl methyl sites for hydroxylation is 2. The normalized spacial score (nSPS) is 9.85. The van der Waals surface area contributed by atoms with Crippen molar-refractivity contribution in [3.63, 3.8) is 0 Å². The number of nitriles is 2. The molecule has 0 saturated heterocycles. The zero-order valence-corrected chi connectivity index (χ0v) is 14.3. The van der Waals surface area contributed by atoms with E-state index in [1.807, 2.05) is 13.8 Å². The average molecular weight is 341 g/mol. The Balaban J connectivity index is 1.82. The second-order valence-corrected chi connectivity index (χ2v) is 5.69. The molecule has 1 heterocycles. The minimum absolute atomic E-state index is 0.385. The molecule has 3 rings (SSSR count). The van der Waals surface area contributed by atoms with E-state index in [0.29, 0.717) is 28.7 Å². The molecule has 1 aromatic heterocycles. The lowest BCUT2D eigenvalue weighted by atomic mass is 10.1. The molecule has 0 unspecified atom stereocenters. The van der Waals surface area contributed by atoms with Gasteiger partial charge in [-0.1, -0.05) is 0 Å². The topological polar surface area (TPSA) is 94.6 Å². The van der Waals surface area contributed by atoms with Crippen LogP contribution in [0.5, 0.6) is 11.6 Å². The fourth-order valence-corrected chi connectivity index (χ4v) is 2.50. The fourth-order valence-electron chi connectivity index (χ4n) is 2.50. The molecule has 0 saturated carbocycles. The Hall–Kier alpha value is -3.90. The van der Waals surface area contributed by atoms with Gasteiger partial charge in [-0.3, -0.25) is 0 Å². The fraction of sp³-hybridized carbons (Fsp3) is 0.100. The van der Waals surface area contributed by atoms with Gasteiger partial charge < -0.3 is 10.1 Å². The van der Waals surface area contributed by atoms with Gasteiger partial charge in [0.2, 0.25) is 11.8 Å². The Labute approximate surface area is 151 Å². The summed E-state index contributed by atoms with van der Waals surface area (Å²) in [5.41, 5.74) is 3.67. The highest BCUT2D eigenvalue weighted by atomic mass is 16.5. The Morgan fingerprint density at radius 3 is 2.19 bits per heavy atom. The summed E-state index contributed by atoms with van der Waals surface area (Å²) in [6.45, 7) is 3.78. The molecule has 0 spiro atoms. The molecule has 0 aliphatic carbocycles. The van der Waals surface area contributed by atoms with Gasteiger partial charge in [0, 0.05) is 18.0 Å². The standard InChI is InChI=1S/C20H15N5O/c1-13-9-16(12-22)10-14(2)19(13)26-18-7-8-23-20(25-18)24-17-5-3-15(11-21)4-6-17/h3-10H,1-2H3,(H,23,24,25). The van der Waals surface area contributed by atoms with Gasteiger partial charge in [-0.05, 0) is 61.4 Å². The number of rotatable bonds is 4. The van der Waals surface area contributed by atoms with Gasteiger partial charge in [-0.15, -0.1) is 0 Å². The molecule has 2 aromatic carbocycles. The molecule has 0 atom stereocenters. The molecular weight excluding hydrogens is 326 g/mol. The van der Waals surface area contributed by atoms with E-state index in [1.165, 1.54) is 0 Å². The number of benzene rings is 2. The van der Waals surface area contributed by atoms with Crippen molar-refractivity contribution in [3.05, 3.63) is 70.9 Å². The van der Waals surface area contributed by atoms with E-state index in [4.69, 9.17) is 15.3 Å². The van der Waals surface area contributed by atoms with Crippen LogP contribution in [-0.4, -0.2) is 9.97 Å². The van der Waals surface area contributed by atoms with Gasteiger partial charge >= 0.3 is 0 Å². The summed E-state index contributed by atoms with van der Waals surface area (Å²) >= 11 is 0. The van der Waals surface area contributed by atoms with Gasteiger partial charge in [-0.25, -0.2) is 4.98 Å². The van der Waals surface area contributed by atoms with Crippen LogP contribution < -0.4 is 10.1 Å². The second-order valence-electron chi connectivity index (χ2n) is 5.69. The first kappa shape index (κ1) is 16.9. The Morgan fingerprint density at radius 2 is 1.58 bits per heavy atom. The van der Waals surface area contributed by atoms with Crippen molar-refractivity contribution in [2.24, 2.45) is 0 Å². The molecule has 6 nitrogen and oxygen atoms in total. The van der Waals surface area contributed by atoms with Gasteiger partial charge in [0.25, 0.3) is 0 Å². The highest BCUT2D eigenvalue weighted by Gasteiger charge is 2.09. The van der Waals surface area contributed by atoms with Crippen molar-refractivity contribution in [2.45, 2.75) is 13.8 Å². The van der Waals surface area contributed by atoms with E-state index in [0.717, 1.165) is 16.8 Å². The number of anilines is 2. The molecule has 0 aliphatic heterocycles.